The number of nitrogens with zero attached hydrogens (tertiary/aromatic N) is 1. The quantitative estimate of drug-likeness (QED) is 0.432. The molecule has 4 rings (SSSR count). The standard InChI is InChI=1S/C21H18F2NO/c1-11-8-17(24(4)10-13(11)3)19-12(2)7-16(23)20-15-6-5-14(22)9-18(15)25-21(19)20/h5-10H,1-4H3/q+1. The molecule has 0 spiro atoms. The third-order valence-corrected chi connectivity index (χ3v) is 4.85. The Morgan fingerprint density at radius 3 is 2.44 bits per heavy atom. The van der Waals surface area contributed by atoms with E-state index in [0.29, 0.717) is 21.9 Å². The van der Waals surface area contributed by atoms with Crippen molar-refractivity contribution in [3.63, 3.8) is 0 Å². The molecular formula is C21H18F2NO+. The van der Waals surface area contributed by atoms with Crippen LogP contribution in [0.25, 0.3) is 33.2 Å². The summed E-state index contributed by atoms with van der Waals surface area (Å²) in [6.45, 7) is 5.96. The molecule has 2 nitrogen and oxygen atoms in total. The fourth-order valence-corrected chi connectivity index (χ4v) is 3.45. The summed E-state index contributed by atoms with van der Waals surface area (Å²) in [4.78, 5) is 0. The lowest BCUT2D eigenvalue weighted by atomic mass is 9.98. The number of pyridine rings is 1. The van der Waals surface area contributed by atoms with Crippen LogP contribution in [0.15, 0.2) is 40.9 Å². The zero-order valence-electron chi connectivity index (χ0n) is 14.6. The van der Waals surface area contributed by atoms with Crippen molar-refractivity contribution in [1.82, 2.24) is 0 Å². The zero-order valence-corrected chi connectivity index (χ0v) is 14.6. The molecular weight excluding hydrogens is 320 g/mol. The fourth-order valence-electron chi connectivity index (χ4n) is 3.45. The van der Waals surface area contributed by atoms with E-state index in [1.165, 1.54) is 23.8 Å². The highest BCUT2D eigenvalue weighted by Crippen LogP contribution is 2.39. The van der Waals surface area contributed by atoms with Gasteiger partial charge in [-0.15, -0.1) is 0 Å². The minimum absolute atomic E-state index is 0.354. The van der Waals surface area contributed by atoms with Crippen LogP contribution in [-0.4, -0.2) is 0 Å². The summed E-state index contributed by atoms with van der Waals surface area (Å²) in [6.07, 6.45) is 2.04. The number of benzene rings is 2. The Bertz CT molecular complexity index is 1160. The van der Waals surface area contributed by atoms with Crippen LogP contribution in [0.2, 0.25) is 0 Å². The second-order valence-electron chi connectivity index (χ2n) is 6.63. The van der Waals surface area contributed by atoms with Crippen LogP contribution in [0.3, 0.4) is 0 Å². The molecule has 2 aromatic carbocycles. The molecule has 0 unspecified atom stereocenters. The maximum absolute atomic E-state index is 14.7. The van der Waals surface area contributed by atoms with Crippen molar-refractivity contribution >= 4 is 21.9 Å². The van der Waals surface area contributed by atoms with Gasteiger partial charge in [0.2, 0.25) is 5.69 Å². The van der Waals surface area contributed by atoms with E-state index in [-0.39, 0.29) is 5.82 Å². The van der Waals surface area contributed by atoms with Crippen LogP contribution in [-0.2, 0) is 7.05 Å². The zero-order chi connectivity index (χ0) is 17.9. The van der Waals surface area contributed by atoms with Gasteiger partial charge in [0.1, 0.15) is 24.3 Å². The number of halogens is 2. The van der Waals surface area contributed by atoms with Crippen LogP contribution in [0, 0.1) is 32.4 Å². The van der Waals surface area contributed by atoms with Crippen molar-refractivity contribution in [2.75, 3.05) is 0 Å². The molecule has 25 heavy (non-hydrogen) atoms. The van der Waals surface area contributed by atoms with Crippen LogP contribution >= 0.6 is 0 Å². The first kappa shape index (κ1) is 15.8. The molecule has 0 aliphatic heterocycles. The maximum atomic E-state index is 14.7. The van der Waals surface area contributed by atoms with Crippen molar-refractivity contribution in [3.8, 4) is 11.3 Å². The number of hydrogen-bond donors (Lipinski definition) is 0. The third-order valence-electron chi connectivity index (χ3n) is 4.85. The third kappa shape index (κ3) is 2.32. The topological polar surface area (TPSA) is 17.0 Å². The molecule has 4 heteroatoms. The molecule has 0 N–H and O–H groups in total. The number of hydrogen-bond acceptors (Lipinski definition) is 1. The van der Waals surface area contributed by atoms with E-state index in [1.54, 1.807) is 6.07 Å². The van der Waals surface area contributed by atoms with Gasteiger partial charge in [0.05, 0.1) is 10.9 Å². The number of aromatic nitrogens is 1. The summed E-state index contributed by atoms with van der Waals surface area (Å²) < 4.78 is 36.2. The highest BCUT2D eigenvalue weighted by atomic mass is 19.1. The Labute approximate surface area is 144 Å². The van der Waals surface area contributed by atoms with Crippen molar-refractivity contribution in [2.45, 2.75) is 20.8 Å². The molecule has 0 radical (unpaired) electrons. The van der Waals surface area contributed by atoms with Gasteiger partial charge in [0.15, 0.2) is 11.8 Å². The summed E-state index contributed by atoms with van der Waals surface area (Å²) >= 11 is 0. The maximum Gasteiger partial charge on any atom is 0.216 e. The van der Waals surface area contributed by atoms with Crippen molar-refractivity contribution in [3.05, 3.63) is 64.9 Å². The van der Waals surface area contributed by atoms with Crippen molar-refractivity contribution in [2.24, 2.45) is 7.05 Å². The average molecular weight is 338 g/mol. The van der Waals surface area contributed by atoms with Gasteiger partial charge in [-0.25, -0.2) is 13.3 Å². The monoisotopic (exact) mass is 338 g/mol. The highest BCUT2D eigenvalue weighted by molar-refractivity contribution is 6.10. The number of fused-ring (bicyclic) bond motifs is 3. The average Bonchev–Trinajstić information content (AvgIpc) is 2.90. The lowest BCUT2D eigenvalue weighted by molar-refractivity contribution is -0.660. The molecule has 0 amide bonds. The van der Waals surface area contributed by atoms with E-state index in [0.717, 1.165) is 22.4 Å². The first-order chi connectivity index (χ1) is 11.9. The number of furan rings is 1. The van der Waals surface area contributed by atoms with Gasteiger partial charge in [0, 0.05) is 23.1 Å². The van der Waals surface area contributed by atoms with E-state index >= 15 is 0 Å². The number of aryl methyl sites for hydroxylation is 4. The van der Waals surface area contributed by atoms with Gasteiger partial charge >= 0.3 is 0 Å². The fraction of sp³-hybridized carbons (Fsp3) is 0.190. The van der Waals surface area contributed by atoms with Gasteiger partial charge in [-0.3, -0.25) is 0 Å². The molecule has 0 saturated heterocycles. The largest absolute Gasteiger partial charge is 0.455 e. The van der Waals surface area contributed by atoms with Gasteiger partial charge < -0.3 is 4.42 Å². The summed E-state index contributed by atoms with van der Waals surface area (Å²) in [7, 11) is 1.96. The second-order valence-corrected chi connectivity index (χ2v) is 6.63. The first-order valence-corrected chi connectivity index (χ1v) is 8.15. The molecule has 2 aromatic heterocycles. The highest BCUT2D eigenvalue weighted by Gasteiger charge is 2.24. The Kier molecular flexibility index (Phi) is 3.39. The molecule has 2 heterocycles. The molecule has 0 atom stereocenters. The van der Waals surface area contributed by atoms with Crippen molar-refractivity contribution < 1.29 is 17.8 Å². The Balaban J connectivity index is 2.18. The van der Waals surface area contributed by atoms with E-state index in [4.69, 9.17) is 4.42 Å². The summed E-state index contributed by atoms with van der Waals surface area (Å²) in [5.74, 6) is -0.755. The molecule has 0 aliphatic carbocycles. The summed E-state index contributed by atoms with van der Waals surface area (Å²) in [5, 5.41) is 0.982. The molecule has 4 aromatic rings. The smallest absolute Gasteiger partial charge is 0.216 e. The van der Waals surface area contributed by atoms with Crippen LogP contribution < -0.4 is 4.57 Å². The number of rotatable bonds is 1. The van der Waals surface area contributed by atoms with E-state index in [2.05, 4.69) is 13.0 Å². The lowest BCUT2D eigenvalue weighted by Gasteiger charge is -2.08. The minimum Gasteiger partial charge on any atom is -0.455 e. The predicted octanol–water partition coefficient (Wildman–Crippen LogP) is 5.28. The Hall–Kier alpha value is -2.75. The Morgan fingerprint density at radius 1 is 0.920 bits per heavy atom. The lowest BCUT2D eigenvalue weighted by Crippen LogP contribution is -2.31. The first-order valence-electron chi connectivity index (χ1n) is 8.15. The SMILES string of the molecule is Cc1cc(-c2c(C)cc(F)c3c2oc2cc(F)ccc23)[n+](C)cc1C. The molecule has 0 aliphatic rings. The normalized spacial score (nSPS) is 11.6. The van der Waals surface area contributed by atoms with E-state index < -0.39 is 5.82 Å². The van der Waals surface area contributed by atoms with Crippen LogP contribution in [0.5, 0.6) is 0 Å². The minimum atomic E-state index is -0.401. The molecule has 0 fully saturated rings. The molecule has 0 saturated carbocycles. The summed E-state index contributed by atoms with van der Waals surface area (Å²) in [6, 6.07) is 7.79. The van der Waals surface area contributed by atoms with Crippen LogP contribution in [0.4, 0.5) is 8.78 Å². The molecule has 0 bridgehead atoms. The second kappa shape index (κ2) is 5.38. The van der Waals surface area contributed by atoms with Gasteiger partial charge in [0.25, 0.3) is 0 Å². The van der Waals surface area contributed by atoms with Gasteiger partial charge in [-0.05, 0) is 50.1 Å². The predicted molar refractivity (Wildman–Crippen MR) is 94.5 cm³/mol. The van der Waals surface area contributed by atoms with Gasteiger partial charge in [-0.1, -0.05) is 0 Å². The summed E-state index contributed by atoms with van der Waals surface area (Å²) in [5.41, 5.74) is 5.68. The molecule has 126 valence electrons. The van der Waals surface area contributed by atoms with Gasteiger partial charge in [-0.2, -0.15) is 0 Å². The van der Waals surface area contributed by atoms with Crippen molar-refractivity contribution in [1.29, 1.82) is 0 Å². The van der Waals surface area contributed by atoms with E-state index in [1.807, 2.05) is 31.7 Å². The Morgan fingerprint density at radius 2 is 1.68 bits per heavy atom. The van der Waals surface area contributed by atoms with E-state index in [9.17, 15) is 8.78 Å². The van der Waals surface area contributed by atoms with Crippen LogP contribution in [0.1, 0.15) is 16.7 Å².